The Hall–Kier alpha value is -0.900. The molecule has 2 fully saturated rings. The summed E-state index contributed by atoms with van der Waals surface area (Å²) >= 11 is 6.64. The van der Waals surface area contributed by atoms with Crippen LogP contribution in [0.15, 0.2) is 11.4 Å². The van der Waals surface area contributed by atoms with E-state index in [0.29, 0.717) is 25.0 Å². The van der Waals surface area contributed by atoms with Gasteiger partial charge in [0.15, 0.2) is 0 Å². The first kappa shape index (κ1) is 31.6. The first-order chi connectivity index (χ1) is 18.1. The molecule has 38 heavy (non-hydrogen) atoms. The van der Waals surface area contributed by atoms with E-state index in [1.807, 2.05) is 0 Å². The maximum Gasteiger partial charge on any atom is 0.231 e. The standard InChI is InChI=1S/C29H56ClN7O/c1-6-8-9-22-20(3)26(37-15-13-36(5)14-16-37)24(19-34-22)35-28(38)25(27(31)32)23-17-29(4,11-7-2)12-10-21(30)18-33-23/h20-23,25,27,33-34H,6-19,31-32H2,1-5H3,(H,35,38)/t20?,21?,22?,23?,25?,29-/m1/s1. The van der Waals surface area contributed by atoms with Crippen LogP contribution in [0.1, 0.15) is 79.1 Å². The van der Waals surface area contributed by atoms with Crippen molar-refractivity contribution in [1.29, 1.82) is 0 Å². The van der Waals surface area contributed by atoms with Gasteiger partial charge in [0.05, 0.1) is 17.8 Å². The van der Waals surface area contributed by atoms with Crippen molar-refractivity contribution in [3.8, 4) is 0 Å². The number of amides is 1. The molecule has 6 atom stereocenters. The topological polar surface area (TPSA) is 112 Å². The van der Waals surface area contributed by atoms with E-state index in [1.54, 1.807) is 0 Å². The van der Waals surface area contributed by atoms with Gasteiger partial charge < -0.3 is 37.2 Å². The maximum atomic E-state index is 14.0. The molecule has 1 amide bonds. The molecule has 2 saturated heterocycles. The summed E-state index contributed by atoms with van der Waals surface area (Å²) in [6.45, 7) is 14.4. The molecule has 0 radical (unpaired) electrons. The van der Waals surface area contributed by atoms with E-state index in [4.69, 9.17) is 23.1 Å². The Balaban J connectivity index is 1.87. The van der Waals surface area contributed by atoms with Crippen LogP contribution < -0.4 is 27.4 Å². The fraction of sp³-hybridized carbons (Fsp3) is 0.897. The van der Waals surface area contributed by atoms with Crippen LogP contribution >= 0.6 is 11.6 Å². The number of carbonyl (C=O) groups is 1. The molecule has 8 nitrogen and oxygen atoms in total. The fourth-order valence-electron chi connectivity index (χ4n) is 6.91. The number of piperazine rings is 1. The van der Waals surface area contributed by atoms with E-state index in [-0.39, 0.29) is 22.7 Å². The lowest BCUT2D eigenvalue weighted by molar-refractivity contribution is -0.126. The molecule has 0 aromatic heterocycles. The lowest BCUT2D eigenvalue weighted by Gasteiger charge is -2.44. The number of rotatable bonds is 10. The lowest BCUT2D eigenvalue weighted by atomic mass is 9.72. The Bertz CT molecular complexity index is 785. The molecule has 0 aromatic rings. The number of unbranched alkanes of at least 4 members (excludes halogenated alkanes) is 1. The number of halogens is 1. The van der Waals surface area contributed by atoms with Gasteiger partial charge in [-0.25, -0.2) is 0 Å². The van der Waals surface area contributed by atoms with Crippen molar-refractivity contribution in [2.75, 3.05) is 46.3 Å². The highest BCUT2D eigenvalue weighted by Crippen LogP contribution is 2.38. The number of carbonyl (C=O) groups excluding carboxylic acids is 1. The molecule has 3 rings (SSSR count). The van der Waals surface area contributed by atoms with E-state index < -0.39 is 12.1 Å². The summed E-state index contributed by atoms with van der Waals surface area (Å²) in [6, 6.07) is 0.299. The number of nitrogens with zero attached hydrogens (tertiary/aromatic N) is 2. The molecule has 9 heteroatoms. The minimum Gasteiger partial charge on any atom is -0.371 e. The van der Waals surface area contributed by atoms with Gasteiger partial charge in [-0.3, -0.25) is 4.79 Å². The molecule has 0 saturated carbocycles. The molecule has 220 valence electrons. The highest BCUT2D eigenvalue weighted by Gasteiger charge is 2.40. The first-order valence-electron chi connectivity index (χ1n) is 15.2. The van der Waals surface area contributed by atoms with E-state index >= 15 is 0 Å². The number of hydrogen-bond donors (Lipinski definition) is 5. The molecular formula is C29H56ClN7O. The maximum absolute atomic E-state index is 14.0. The zero-order valence-corrected chi connectivity index (χ0v) is 25.5. The zero-order chi connectivity index (χ0) is 27.9. The van der Waals surface area contributed by atoms with Crippen LogP contribution in [0.25, 0.3) is 0 Å². The van der Waals surface area contributed by atoms with Gasteiger partial charge in [0.2, 0.25) is 5.91 Å². The predicted octanol–water partition coefficient (Wildman–Crippen LogP) is 2.78. The molecule has 7 N–H and O–H groups in total. The third-order valence-electron chi connectivity index (χ3n) is 9.25. The second-order valence-electron chi connectivity index (χ2n) is 12.6. The second-order valence-corrected chi connectivity index (χ2v) is 13.2. The van der Waals surface area contributed by atoms with E-state index in [2.05, 4.69) is 60.5 Å². The van der Waals surface area contributed by atoms with Gasteiger partial charge >= 0.3 is 0 Å². The van der Waals surface area contributed by atoms with Crippen LogP contribution in [0.5, 0.6) is 0 Å². The zero-order valence-electron chi connectivity index (χ0n) is 24.7. The molecule has 3 aliphatic rings. The van der Waals surface area contributed by atoms with Crippen molar-refractivity contribution in [3.05, 3.63) is 11.4 Å². The van der Waals surface area contributed by atoms with Crippen LogP contribution in [-0.4, -0.2) is 85.6 Å². The van der Waals surface area contributed by atoms with Gasteiger partial charge in [-0.1, -0.05) is 47.0 Å². The summed E-state index contributed by atoms with van der Waals surface area (Å²) in [5.41, 5.74) is 15.1. The molecule has 0 aromatic carbocycles. The van der Waals surface area contributed by atoms with Gasteiger partial charge in [-0.2, -0.15) is 0 Å². The highest BCUT2D eigenvalue weighted by atomic mass is 35.5. The van der Waals surface area contributed by atoms with Crippen LogP contribution in [0.4, 0.5) is 0 Å². The van der Waals surface area contributed by atoms with Crippen molar-refractivity contribution in [2.45, 2.75) is 103 Å². The van der Waals surface area contributed by atoms with Crippen LogP contribution in [-0.2, 0) is 4.79 Å². The van der Waals surface area contributed by atoms with Crippen LogP contribution in [0.2, 0.25) is 0 Å². The third-order valence-corrected chi connectivity index (χ3v) is 9.62. The van der Waals surface area contributed by atoms with E-state index in [9.17, 15) is 4.79 Å². The number of alkyl halides is 1. The summed E-state index contributed by atoms with van der Waals surface area (Å²) in [4.78, 5) is 18.9. The highest BCUT2D eigenvalue weighted by molar-refractivity contribution is 6.20. The average molecular weight is 554 g/mol. The quantitative estimate of drug-likeness (QED) is 0.209. The lowest BCUT2D eigenvalue weighted by Crippen LogP contribution is -2.59. The average Bonchev–Trinajstić information content (AvgIpc) is 2.86. The Morgan fingerprint density at radius 1 is 1.18 bits per heavy atom. The molecule has 3 heterocycles. The van der Waals surface area contributed by atoms with Gasteiger partial charge in [0.1, 0.15) is 0 Å². The largest absolute Gasteiger partial charge is 0.371 e. The number of likely N-dealkylation sites (N-methyl/N-ethyl adjacent to an activating group) is 1. The van der Waals surface area contributed by atoms with Gasteiger partial charge in [0, 0.05) is 68.3 Å². The summed E-state index contributed by atoms with van der Waals surface area (Å²) in [6.07, 6.45) is 7.88. The predicted molar refractivity (Wildman–Crippen MR) is 159 cm³/mol. The van der Waals surface area contributed by atoms with Gasteiger partial charge in [0.25, 0.3) is 0 Å². The second kappa shape index (κ2) is 14.6. The summed E-state index contributed by atoms with van der Waals surface area (Å²) in [7, 11) is 2.18. The first-order valence-corrected chi connectivity index (χ1v) is 15.6. The molecule has 0 bridgehead atoms. The van der Waals surface area contributed by atoms with Crippen LogP contribution in [0, 0.1) is 17.3 Å². The molecular weight excluding hydrogens is 498 g/mol. The normalized spacial score (nSPS) is 32.7. The number of nitrogens with one attached hydrogen (secondary N) is 3. The summed E-state index contributed by atoms with van der Waals surface area (Å²) in [5.74, 6) is -0.295. The smallest absolute Gasteiger partial charge is 0.231 e. The SMILES string of the molecule is CCCCC1NCC(NC(=O)C(C(N)N)C2C[C@](C)(CCC)CCC(Cl)CN2)=C(N2CCN(C)CC2)C1C. The number of nitrogens with two attached hydrogens (primary N) is 2. The van der Waals surface area contributed by atoms with Crippen molar-refractivity contribution < 1.29 is 4.79 Å². The van der Waals surface area contributed by atoms with Crippen molar-refractivity contribution in [2.24, 2.45) is 28.7 Å². The Morgan fingerprint density at radius 2 is 1.89 bits per heavy atom. The number of hydrogen-bond acceptors (Lipinski definition) is 7. The van der Waals surface area contributed by atoms with Crippen LogP contribution in [0.3, 0.4) is 0 Å². The van der Waals surface area contributed by atoms with E-state index in [0.717, 1.165) is 70.4 Å². The Morgan fingerprint density at radius 3 is 2.53 bits per heavy atom. The molecule has 3 aliphatic heterocycles. The Kier molecular flexibility index (Phi) is 12.2. The van der Waals surface area contributed by atoms with Crippen molar-refractivity contribution in [3.63, 3.8) is 0 Å². The molecule has 5 unspecified atom stereocenters. The minimum atomic E-state index is -0.759. The minimum absolute atomic E-state index is 0.0432. The third kappa shape index (κ3) is 8.31. The summed E-state index contributed by atoms with van der Waals surface area (Å²) < 4.78 is 0. The van der Waals surface area contributed by atoms with Gasteiger partial charge in [-0.05, 0) is 44.6 Å². The van der Waals surface area contributed by atoms with Gasteiger partial charge in [-0.15, -0.1) is 11.6 Å². The molecule has 0 spiro atoms. The van der Waals surface area contributed by atoms with Crippen molar-refractivity contribution >= 4 is 17.5 Å². The van der Waals surface area contributed by atoms with E-state index in [1.165, 1.54) is 18.5 Å². The molecule has 0 aliphatic carbocycles. The summed E-state index contributed by atoms with van der Waals surface area (Å²) in [5, 5.41) is 10.7. The fourth-order valence-corrected chi connectivity index (χ4v) is 7.11. The Labute approximate surface area is 237 Å². The van der Waals surface area contributed by atoms with Crippen molar-refractivity contribution in [1.82, 2.24) is 25.8 Å². The monoisotopic (exact) mass is 553 g/mol.